The minimum absolute atomic E-state index is 0.0748. The van der Waals surface area contributed by atoms with Gasteiger partial charge in [0.2, 0.25) is 0 Å². The Hall–Kier alpha value is -1.37. The first-order valence-corrected chi connectivity index (χ1v) is 8.45. The van der Waals surface area contributed by atoms with Crippen molar-refractivity contribution in [3.63, 3.8) is 0 Å². The zero-order valence-corrected chi connectivity index (χ0v) is 16.1. The summed E-state index contributed by atoms with van der Waals surface area (Å²) in [4.78, 5) is 4.43. The molecule has 6 heteroatoms. The van der Waals surface area contributed by atoms with Crippen LogP contribution in [0.25, 0.3) is 0 Å². The van der Waals surface area contributed by atoms with Crippen molar-refractivity contribution in [2.24, 2.45) is 4.99 Å². The van der Waals surface area contributed by atoms with Gasteiger partial charge < -0.3 is 14.9 Å². The lowest BCUT2D eigenvalue weighted by atomic mass is 10.1. The molecule has 0 heterocycles. The monoisotopic (exact) mass is 443 g/mol. The number of hydrogen-bond acceptors (Lipinski definition) is 4. The van der Waals surface area contributed by atoms with E-state index in [0.717, 1.165) is 23.6 Å². The molecule has 0 saturated heterocycles. The van der Waals surface area contributed by atoms with E-state index in [2.05, 4.69) is 49.0 Å². The molecular formula is C17H19Br2NO3. The summed E-state index contributed by atoms with van der Waals surface area (Å²) in [5, 5.41) is 16.9. The quantitative estimate of drug-likeness (QED) is 0.679. The second-order valence-corrected chi connectivity index (χ2v) is 6.00. The summed E-state index contributed by atoms with van der Waals surface area (Å²) in [7, 11) is 2.52. The van der Waals surface area contributed by atoms with Crippen molar-refractivity contribution in [2.75, 3.05) is 20.8 Å². The van der Waals surface area contributed by atoms with Gasteiger partial charge in [0.15, 0.2) is 11.5 Å². The number of aliphatic hydroxyl groups is 1. The van der Waals surface area contributed by atoms with Crippen LogP contribution in [-0.2, 0) is 6.42 Å². The van der Waals surface area contributed by atoms with Crippen LogP contribution >= 0.6 is 31.9 Å². The fourth-order valence-electron chi connectivity index (χ4n) is 1.86. The smallest absolute Gasteiger partial charge is 0.173 e. The Kier molecular flexibility index (Phi) is 8.91. The van der Waals surface area contributed by atoms with Gasteiger partial charge >= 0.3 is 0 Å². The molecule has 0 fully saturated rings. The van der Waals surface area contributed by atoms with E-state index in [-0.39, 0.29) is 5.75 Å². The van der Waals surface area contributed by atoms with Gasteiger partial charge in [-0.15, -0.1) is 0 Å². The predicted octanol–water partition coefficient (Wildman–Crippen LogP) is 4.20. The molecule has 2 aromatic carbocycles. The number of benzene rings is 2. The molecule has 2 aromatic rings. The second kappa shape index (κ2) is 10.4. The van der Waals surface area contributed by atoms with Crippen LogP contribution in [0.2, 0.25) is 0 Å². The number of phenols is 1. The number of phenolic OH excluding ortho intramolecular Hbond substituents is 1. The highest BCUT2D eigenvalue weighted by molar-refractivity contribution is 9.13. The van der Waals surface area contributed by atoms with Crippen molar-refractivity contribution in [1.29, 1.82) is 0 Å². The van der Waals surface area contributed by atoms with Gasteiger partial charge in [-0.1, -0.05) is 30.3 Å². The molecular weight excluding hydrogens is 426 g/mol. The lowest BCUT2D eigenvalue weighted by Crippen LogP contribution is -1.93. The third-order valence-electron chi connectivity index (χ3n) is 3.00. The summed E-state index contributed by atoms with van der Waals surface area (Å²) in [6.07, 6.45) is 2.67. The molecule has 124 valence electrons. The Morgan fingerprint density at radius 3 is 2.39 bits per heavy atom. The van der Waals surface area contributed by atoms with E-state index in [1.54, 1.807) is 12.3 Å². The van der Waals surface area contributed by atoms with Gasteiger partial charge in [0.05, 0.1) is 11.6 Å². The molecule has 0 aliphatic rings. The number of ether oxygens (including phenoxy) is 1. The summed E-state index contributed by atoms with van der Waals surface area (Å²) >= 11 is 6.77. The minimum Gasteiger partial charge on any atom is -0.503 e. The molecule has 0 spiro atoms. The van der Waals surface area contributed by atoms with E-state index in [1.165, 1.54) is 12.7 Å². The summed E-state index contributed by atoms with van der Waals surface area (Å²) in [5.74, 6) is 0.486. The fourth-order valence-corrected chi connectivity index (χ4v) is 2.69. The first kappa shape index (κ1) is 19.7. The van der Waals surface area contributed by atoms with E-state index in [9.17, 15) is 5.11 Å². The van der Waals surface area contributed by atoms with Crippen molar-refractivity contribution < 1.29 is 14.9 Å². The van der Waals surface area contributed by atoms with Crippen molar-refractivity contribution >= 4 is 38.1 Å². The Balaban J connectivity index is 0.00000127. The Morgan fingerprint density at radius 1 is 1.13 bits per heavy atom. The predicted molar refractivity (Wildman–Crippen MR) is 101 cm³/mol. The van der Waals surface area contributed by atoms with Crippen molar-refractivity contribution in [2.45, 2.75) is 6.42 Å². The molecule has 2 rings (SSSR count). The van der Waals surface area contributed by atoms with Crippen LogP contribution in [-0.4, -0.2) is 37.2 Å². The number of rotatable bonds is 5. The molecule has 0 unspecified atom stereocenters. The van der Waals surface area contributed by atoms with Crippen LogP contribution in [0.4, 0.5) is 0 Å². The fraction of sp³-hybridized carbons (Fsp3) is 0.235. The second-order valence-electron chi connectivity index (χ2n) is 4.42. The first-order chi connectivity index (χ1) is 11.1. The van der Waals surface area contributed by atoms with Crippen LogP contribution in [0, 0.1) is 0 Å². The maximum Gasteiger partial charge on any atom is 0.173 e. The van der Waals surface area contributed by atoms with Crippen LogP contribution in [0.5, 0.6) is 11.5 Å². The van der Waals surface area contributed by atoms with Gasteiger partial charge in [0, 0.05) is 29.9 Å². The van der Waals surface area contributed by atoms with Crippen LogP contribution < -0.4 is 4.74 Å². The van der Waals surface area contributed by atoms with E-state index < -0.39 is 0 Å². The van der Waals surface area contributed by atoms with Gasteiger partial charge in [0.1, 0.15) is 0 Å². The van der Waals surface area contributed by atoms with Gasteiger partial charge in [-0.05, 0) is 49.9 Å². The van der Waals surface area contributed by atoms with Gasteiger partial charge in [-0.3, -0.25) is 4.99 Å². The van der Waals surface area contributed by atoms with Crippen LogP contribution in [0.3, 0.4) is 0 Å². The highest BCUT2D eigenvalue weighted by Crippen LogP contribution is 2.41. The summed E-state index contributed by atoms with van der Waals surface area (Å²) in [6, 6.07) is 12.0. The first-order valence-electron chi connectivity index (χ1n) is 6.87. The molecule has 0 amide bonds. The Bertz CT molecular complexity index is 646. The van der Waals surface area contributed by atoms with Crippen molar-refractivity contribution in [1.82, 2.24) is 0 Å². The Labute approximate surface area is 153 Å². The molecule has 0 saturated carbocycles. The largest absolute Gasteiger partial charge is 0.503 e. The third kappa shape index (κ3) is 5.64. The number of methoxy groups -OCH3 is 1. The minimum atomic E-state index is 0.0748. The average Bonchev–Trinajstić information content (AvgIpc) is 2.61. The summed E-state index contributed by atoms with van der Waals surface area (Å²) in [6.45, 7) is 0.706. The number of hydrogen-bond donors (Lipinski definition) is 2. The van der Waals surface area contributed by atoms with E-state index in [4.69, 9.17) is 9.84 Å². The lowest BCUT2D eigenvalue weighted by molar-refractivity contribution is 0.371. The maximum absolute atomic E-state index is 9.88. The number of halogens is 2. The van der Waals surface area contributed by atoms with Crippen LogP contribution in [0.1, 0.15) is 11.1 Å². The molecule has 0 aliphatic heterocycles. The number of aliphatic hydroxyl groups excluding tert-OH is 1. The zero-order valence-electron chi connectivity index (χ0n) is 13.0. The zero-order chi connectivity index (χ0) is 17.2. The molecule has 2 N–H and O–H groups in total. The number of nitrogens with zero attached hydrogens (tertiary/aromatic N) is 1. The molecule has 0 aliphatic carbocycles. The molecule has 23 heavy (non-hydrogen) atoms. The molecule has 0 atom stereocenters. The Morgan fingerprint density at radius 2 is 1.78 bits per heavy atom. The van der Waals surface area contributed by atoms with Crippen molar-refractivity contribution in [3.8, 4) is 11.5 Å². The summed E-state index contributed by atoms with van der Waals surface area (Å²) in [5.41, 5.74) is 2.11. The highest BCUT2D eigenvalue weighted by Gasteiger charge is 2.13. The topological polar surface area (TPSA) is 62.0 Å². The molecule has 4 nitrogen and oxygen atoms in total. The molecule has 0 aromatic heterocycles. The number of aromatic hydroxyl groups is 1. The van der Waals surface area contributed by atoms with E-state index in [0.29, 0.717) is 16.8 Å². The van der Waals surface area contributed by atoms with Crippen LogP contribution in [0.15, 0.2) is 50.3 Å². The van der Waals surface area contributed by atoms with Gasteiger partial charge in [-0.2, -0.15) is 0 Å². The maximum atomic E-state index is 9.88. The molecule has 0 bridgehead atoms. The lowest BCUT2D eigenvalue weighted by Gasteiger charge is -2.09. The van der Waals surface area contributed by atoms with Gasteiger partial charge in [-0.25, -0.2) is 0 Å². The van der Waals surface area contributed by atoms with Gasteiger partial charge in [0.25, 0.3) is 0 Å². The van der Waals surface area contributed by atoms with E-state index >= 15 is 0 Å². The highest BCUT2D eigenvalue weighted by atomic mass is 79.9. The molecule has 0 radical (unpaired) electrons. The average molecular weight is 445 g/mol. The van der Waals surface area contributed by atoms with Crippen molar-refractivity contribution in [3.05, 3.63) is 56.5 Å². The summed E-state index contributed by atoms with van der Waals surface area (Å²) < 4.78 is 6.45. The SMILES string of the molecule is CO.COc1cc(C=NCCc2ccccc2)c(Br)c(Br)c1O. The normalized spacial score (nSPS) is 10.3. The standard InChI is InChI=1S/C16H15Br2NO2.CH4O/c1-21-13-9-12(14(17)15(18)16(13)20)10-19-8-7-11-5-3-2-4-6-11;1-2/h2-6,9-10,20H,7-8H2,1H3;2H,1H3. The third-order valence-corrected chi connectivity index (χ3v) is 5.16. The number of aliphatic imine (C=N–C) groups is 1. The van der Waals surface area contributed by atoms with E-state index in [1.807, 2.05) is 18.2 Å².